The predicted octanol–water partition coefficient (Wildman–Crippen LogP) is 2.56. The third-order valence-corrected chi connectivity index (χ3v) is 8.19. The molecule has 1 aliphatic carbocycles. The summed E-state index contributed by atoms with van der Waals surface area (Å²) in [6.45, 7) is 3.94. The molecule has 2 heterocycles. The molecule has 226 valence electrons. The van der Waals surface area contributed by atoms with Crippen LogP contribution in [0.3, 0.4) is 0 Å². The molecule has 0 aliphatic heterocycles. The van der Waals surface area contributed by atoms with Crippen LogP contribution in [0.1, 0.15) is 61.7 Å². The topological polar surface area (TPSA) is 126 Å². The first-order valence-corrected chi connectivity index (χ1v) is 15.2. The maximum absolute atomic E-state index is 14.0. The van der Waals surface area contributed by atoms with Gasteiger partial charge in [-0.05, 0) is 73.6 Å². The Kier molecular flexibility index (Phi) is 11.1. The Morgan fingerprint density at radius 2 is 1.69 bits per heavy atom. The van der Waals surface area contributed by atoms with Crippen LogP contribution in [-0.2, 0) is 12.8 Å². The van der Waals surface area contributed by atoms with Crippen molar-refractivity contribution in [3.05, 3.63) is 106 Å². The van der Waals surface area contributed by atoms with Crippen molar-refractivity contribution in [3.8, 4) is 40.0 Å². The van der Waals surface area contributed by atoms with Gasteiger partial charge in [0.2, 0.25) is 0 Å². The maximum Gasteiger partial charge on any atom is 1.00 e. The Morgan fingerprint density at radius 3 is 2.36 bits per heavy atom. The number of rotatable bonds is 9. The predicted molar refractivity (Wildman–Crippen MR) is 165 cm³/mol. The van der Waals surface area contributed by atoms with E-state index in [0.29, 0.717) is 35.5 Å². The standard InChI is InChI=1S/C35H36N4O5.K/c1-3-8-30-29(21-23-13-15-24(16-14-23)27-9-4-5-10-28(27)33-37-35(42)44-38-33)34(41)39(22(2)36-30)25-17-19-26(20-18-25)43-32-12-7-6-11-31(32)40;/h4-5,9-10,13-20,31-32,40H,3,6-8,11-12,21H2,1-2H3,(H,37,38,42);/q;+1/p-1/t31-,32?;/m0./s1. The van der Waals surface area contributed by atoms with Gasteiger partial charge in [-0.2, -0.15) is 5.16 Å². The van der Waals surface area contributed by atoms with E-state index in [1.807, 2.05) is 79.7 Å². The molecule has 6 rings (SSSR count). The fourth-order valence-corrected chi connectivity index (χ4v) is 5.96. The molecule has 5 aromatic rings. The van der Waals surface area contributed by atoms with Crippen LogP contribution in [-0.4, -0.2) is 37.0 Å². The van der Waals surface area contributed by atoms with Crippen LogP contribution in [0.15, 0.2) is 82.1 Å². The summed E-state index contributed by atoms with van der Waals surface area (Å²) in [7, 11) is 0. The zero-order valence-corrected chi connectivity index (χ0v) is 29.0. The summed E-state index contributed by atoms with van der Waals surface area (Å²) in [5.74, 6) is 1.56. The van der Waals surface area contributed by atoms with Crippen molar-refractivity contribution in [1.82, 2.24) is 19.7 Å². The molecule has 0 amide bonds. The summed E-state index contributed by atoms with van der Waals surface area (Å²) in [5, 5.41) is 25.6. The molecule has 1 aliphatic rings. The minimum absolute atomic E-state index is 0. The molecule has 0 saturated heterocycles. The smallest absolute Gasteiger partial charge is 0.528 e. The fourth-order valence-electron chi connectivity index (χ4n) is 5.96. The second-order valence-corrected chi connectivity index (χ2v) is 11.3. The average molecular weight is 631 g/mol. The van der Waals surface area contributed by atoms with Crippen molar-refractivity contribution < 1.29 is 70.9 Å². The number of aliphatic hydroxyl groups is 1. The van der Waals surface area contributed by atoms with E-state index in [1.165, 1.54) is 0 Å². The summed E-state index contributed by atoms with van der Waals surface area (Å²) in [5.41, 5.74) is 5.60. The summed E-state index contributed by atoms with van der Waals surface area (Å²) in [6, 6.07) is 23.0. The number of hydrogen-bond donors (Lipinski definition) is 1. The number of nitrogens with zero attached hydrogens (tertiary/aromatic N) is 4. The number of aliphatic hydroxyl groups excluding tert-OH is 1. The summed E-state index contributed by atoms with van der Waals surface area (Å²) in [6.07, 6.45) is 4.31. The van der Waals surface area contributed by atoms with Gasteiger partial charge in [-0.15, -0.1) is 0 Å². The van der Waals surface area contributed by atoms with E-state index < -0.39 is 12.2 Å². The number of benzene rings is 3. The number of hydrogen-bond acceptors (Lipinski definition) is 8. The Morgan fingerprint density at radius 1 is 0.978 bits per heavy atom. The molecule has 2 aromatic heterocycles. The number of aromatic nitrogens is 4. The molecule has 0 radical (unpaired) electrons. The van der Waals surface area contributed by atoms with Crippen LogP contribution in [0.5, 0.6) is 11.8 Å². The Balaban J connectivity index is 0.00000400. The second-order valence-electron chi connectivity index (χ2n) is 11.3. The van der Waals surface area contributed by atoms with Gasteiger partial charge in [-0.1, -0.05) is 68.3 Å². The molecular formula is C35H35KN4O5. The van der Waals surface area contributed by atoms with Crippen molar-refractivity contribution in [2.75, 3.05) is 0 Å². The van der Waals surface area contributed by atoms with E-state index in [2.05, 4.69) is 21.6 Å². The molecule has 0 bridgehead atoms. The molecule has 45 heavy (non-hydrogen) atoms. The summed E-state index contributed by atoms with van der Waals surface area (Å²) < 4.78 is 12.4. The molecule has 1 saturated carbocycles. The minimum Gasteiger partial charge on any atom is -0.528 e. The van der Waals surface area contributed by atoms with Crippen molar-refractivity contribution in [3.63, 3.8) is 0 Å². The molecule has 10 heteroatoms. The molecule has 9 nitrogen and oxygen atoms in total. The minimum atomic E-state index is -0.728. The van der Waals surface area contributed by atoms with E-state index in [9.17, 15) is 15.0 Å². The van der Waals surface area contributed by atoms with Gasteiger partial charge in [0.05, 0.1) is 17.5 Å². The van der Waals surface area contributed by atoms with E-state index in [1.54, 1.807) is 4.57 Å². The van der Waals surface area contributed by atoms with E-state index in [4.69, 9.17) is 9.72 Å². The number of aryl methyl sites for hydroxylation is 2. The first-order chi connectivity index (χ1) is 21.4. The average Bonchev–Trinajstić information content (AvgIpc) is 3.47. The van der Waals surface area contributed by atoms with E-state index in [0.717, 1.165) is 60.2 Å². The van der Waals surface area contributed by atoms with Gasteiger partial charge in [0, 0.05) is 17.5 Å². The van der Waals surface area contributed by atoms with Crippen LogP contribution < -0.4 is 66.8 Å². The van der Waals surface area contributed by atoms with Crippen molar-refractivity contribution in [2.45, 2.75) is 71.0 Å². The first-order valence-electron chi connectivity index (χ1n) is 15.2. The third kappa shape index (κ3) is 7.48. The largest absolute Gasteiger partial charge is 1.00 e. The molecule has 3 aromatic carbocycles. The third-order valence-electron chi connectivity index (χ3n) is 8.19. The van der Waals surface area contributed by atoms with Crippen LogP contribution in [0.25, 0.3) is 28.2 Å². The zero-order valence-electron chi connectivity index (χ0n) is 25.9. The zero-order chi connectivity index (χ0) is 30.6. The van der Waals surface area contributed by atoms with Crippen LogP contribution in [0, 0.1) is 6.92 Å². The Labute approximate surface area is 304 Å². The summed E-state index contributed by atoms with van der Waals surface area (Å²) in [4.78, 5) is 22.8. The van der Waals surface area contributed by atoms with Gasteiger partial charge < -0.3 is 19.5 Å². The monoisotopic (exact) mass is 630 g/mol. The normalized spacial score (nSPS) is 16.2. The molecule has 1 fully saturated rings. The summed E-state index contributed by atoms with van der Waals surface area (Å²) >= 11 is 0. The van der Waals surface area contributed by atoms with Crippen molar-refractivity contribution >= 4 is 0 Å². The molecule has 2 atom stereocenters. The van der Waals surface area contributed by atoms with Gasteiger partial charge in [-0.25, -0.2) is 9.97 Å². The maximum atomic E-state index is 14.0. The van der Waals surface area contributed by atoms with Gasteiger partial charge in [0.1, 0.15) is 17.7 Å². The van der Waals surface area contributed by atoms with Crippen molar-refractivity contribution in [2.24, 2.45) is 0 Å². The van der Waals surface area contributed by atoms with E-state index in [-0.39, 0.29) is 68.9 Å². The number of ether oxygens (including phenoxy) is 1. The molecule has 1 unspecified atom stereocenters. The van der Waals surface area contributed by atoms with Crippen LogP contribution in [0.4, 0.5) is 0 Å². The Bertz CT molecular complexity index is 1800. The van der Waals surface area contributed by atoms with Gasteiger partial charge in [0.25, 0.3) is 5.56 Å². The fraction of sp³-hybridized carbons (Fsp3) is 0.314. The molecule has 0 spiro atoms. The SMILES string of the molecule is CCCc1nc(C)n(-c2ccc(OC3CCCC[C@@H]3O)cc2)c(=O)c1Cc1ccc(-c2ccccc2-c2noc([O-])n2)cc1.[K+]. The Hall–Kier alpha value is -3.12. The molecular weight excluding hydrogens is 596 g/mol. The van der Waals surface area contributed by atoms with Crippen LogP contribution in [0.2, 0.25) is 0 Å². The van der Waals surface area contributed by atoms with E-state index >= 15 is 0 Å². The second kappa shape index (κ2) is 15.0. The van der Waals surface area contributed by atoms with Gasteiger partial charge in [-0.3, -0.25) is 9.36 Å². The van der Waals surface area contributed by atoms with Gasteiger partial charge >= 0.3 is 51.4 Å². The van der Waals surface area contributed by atoms with Gasteiger partial charge in [0.15, 0.2) is 11.9 Å². The van der Waals surface area contributed by atoms with Crippen molar-refractivity contribution in [1.29, 1.82) is 0 Å². The first kappa shape index (κ1) is 33.2. The van der Waals surface area contributed by atoms with Crippen LogP contribution >= 0.6 is 0 Å². The molecule has 1 N–H and O–H groups in total. The quantitative estimate of drug-likeness (QED) is 0.247.